The van der Waals surface area contributed by atoms with Crippen LogP contribution in [0.4, 0.5) is 0 Å². The molecular weight excluding hydrogens is 216 g/mol. The summed E-state index contributed by atoms with van der Waals surface area (Å²) in [5, 5.41) is 4.34. The van der Waals surface area contributed by atoms with Crippen LogP contribution in [0.3, 0.4) is 0 Å². The van der Waals surface area contributed by atoms with Gasteiger partial charge in [0.15, 0.2) is 0 Å². The van der Waals surface area contributed by atoms with Crippen molar-refractivity contribution in [3.05, 3.63) is 18.0 Å². The first-order valence-corrected chi connectivity index (χ1v) is 6.14. The van der Waals surface area contributed by atoms with E-state index in [1.807, 2.05) is 10.9 Å². The third kappa shape index (κ3) is 4.11. The summed E-state index contributed by atoms with van der Waals surface area (Å²) in [6.07, 6.45) is 5.09. The SMILES string of the molecule is CCCn1cc(C(CN)N(C)CCOC)cn1. The van der Waals surface area contributed by atoms with Crippen molar-refractivity contribution in [3.63, 3.8) is 0 Å². The Kier molecular flexibility index (Phi) is 6.18. The van der Waals surface area contributed by atoms with Gasteiger partial charge in [-0.2, -0.15) is 5.10 Å². The predicted octanol–water partition coefficient (Wildman–Crippen LogP) is 0.871. The van der Waals surface area contributed by atoms with Gasteiger partial charge in [0, 0.05) is 44.5 Å². The molecule has 0 aromatic carbocycles. The zero-order chi connectivity index (χ0) is 12.7. The van der Waals surface area contributed by atoms with E-state index in [1.54, 1.807) is 7.11 Å². The molecule has 1 atom stereocenters. The van der Waals surface area contributed by atoms with Crippen LogP contribution in [0.1, 0.15) is 24.9 Å². The molecule has 0 bridgehead atoms. The molecule has 5 heteroatoms. The molecule has 1 aromatic rings. The molecule has 0 fully saturated rings. The molecule has 1 unspecified atom stereocenters. The highest BCUT2D eigenvalue weighted by Crippen LogP contribution is 2.17. The smallest absolute Gasteiger partial charge is 0.0589 e. The van der Waals surface area contributed by atoms with E-state index in [2.05, 4.69) is 30.2 Å². The molecule has 1 rings (SSSR count). The molecule has 2 N–H and O–H groups in total. The van der Waals surface area contributed by atoms with Crippen molar-refractivity contribution in [1.82, 2.24) is 14.7 Å². The molecule has 0 saturated heterocycles. The van der Waals surface area contributed by atoms with Crippen molar-refractivity contribution in [2.24, 2.45) is 5.73 Å². The first kappa shape index (κ1) is 14.2. The van der Waals surface area contributed by atoms with Gasteiger partial charge in [0.05, 0.1) is 12.8 Å². The van der Waals surface area contributed by atoms with Gasteiger partial charge in [0.2, 0.25) is 0 Å². The van der Waals surface area contributed by atoms with Crippen LogP contribution in [0.25, 0.3) is 0 Å². The van der Waals surface area contributed by atoms with Crippen molar-refractivity contribution < 1.29 is 4.74 Å². The lowest BCUT2D eigenvalue weighted by atomic mass is 10.1. The second kappa shape index (κ2) is 7.42. The van der Waals surface area contributed by atoms with Crippen LogP contribution in [0.5, 0.6) is 0 Å². The summed E-state index contributed by atoms with van der Waals surface area (Å²) in [6, 6.07) is 0.218. The van der Waals surface area contributed by atoms with Crippen molar-refractivity contribution in [3.8, 4) is 0 Å². The molecule has 0 spiro atoms. The van der Waals surface area contributed by atoms with Crippen LogP contribution in [0.15, 0.2) is 12.4 Å². The molecule has 1 aromatic heterocycles. The van der Waals surface area contributed by atoms with E-state index in [4.69, 9.17) is 10.5 Å². The Morgan fingerprint density at radius 2 is 2.35 bits per heavy atom. The van der Waals surface area contributed by atoms with Crippen LogP contribution >= 0.6 is 0 Å². The topological polar surface area (TPSA) is 56.3 Å². The molecule has 98 valence electrons. The minimum absolute atomic E-state index is 0.218. The summed E-state index contributed by atoms with van der Waals surface area (Å²) in [4.78, 5) is 2.21. The molecule has 0 aliphatic heterocycles. The van der Waals surface area contributed by atoms with Gasteiger partial charge in [-0.3, -0.25) is 9.58 Å². The lowest BCUT2D eigenvalue weighted by Crippen LogP contribution is -2.32. The maximum absolute atomic E-state index is 5.84. The number of aryl methyl sites for hydroxylation is 1. The number of likely N-dealkylation sites (N-methyl/N-ethyl adjacent to an activating group) is 1. The summed E-state index contributed by atoms with van der Waals surface area (Å²) < 4.78 is 7.06. The lowest BCUT2D eigenvalue weighted by molar-refractivity contribution is 0.140. The first-order chi connectivity index (χ1) is 8.22. The number of ether oxygens (including phenoxy) is 1. The van der Waals surface area contributed by atoms with Crippen LogP contribution in [0, 0.1) is 0 Å². The van der Waals surface area contributed by atoms with E-state index in [-0.39, 0.29) is 6.04 Å². The Hall–Kier alpha value is -0.910. The summed E-state index contributed by atoms with van der Waals surface area (Å²) in [6.45, 7) is 5.29. The second-order valence-corrected chi connectivity index (χ2v) is 4.26. The van der Waals surface area contributed by atoms with E-state index in [0.29, 0.717) is 6.54 Å². The van der Waals surface area contributed by atoms with E-state index < -0.39 is 0 Å². The minimum Gasteiger partial charge on any atom is -0.383 e. The predicted molar refractivity (Wildman–Crippen MR) is 68.8 cm³/mol. The van der Waals surface area contributed by atoms with Crippen LogP contribution in [-0.4, -0.2) is 48.5 Å². The molecule has 17 heavy (non-hydrogen) atoms. The van der Waals surface area contributed by atoms with E-state index in [1.165, 1.54) is 5.56 Å². The van der Waals surface area contributed by atoms with Gasteiger partial charge in [-0.25, -0.2) is 0 Å². The van der Waals surface area contributed by atoms with Gasteiger partial charge in [0.1, 0.15) is 0 Å². The summed E-state index contributed by atoms with van der Waals surface area (Å²) >= 11 is 0. The number of hydrogen-bond donors (Lipinski definition) is 1. The van der Waals surface area contributed by atoms with Crippen LogP contribution in [0.2, 0.25) is 0 Å². The Morgan fingerprint density at radius 1 is 1.59 bits per heavy atom. The fourth-order valence-electron chi connectivity index (χ4n) is 1.86. The van der Waals surface area contributed by atoms with Gasteiger partial charge in [-0.05, 0) is 13.5 Å². The highest BCUT2D eigenvalue weighted by Gasteiger charge is 2.16. The Morgan fingerprint density at radius 3 is 2.94 bits per heavy atom. The maximum atomic E-state index is 5.84. The molecule has 1 heterocycles. The summed E-state index contributed by atoms with van der Waals surface area (Å²) in [5.74, 6) is 0. The standard InChI is InChI=1S/C12H24N4O/c1-4-5-16-10-11(9-14-16)12(8-13)15(2)6-7-17-3/h9-10,12H,4-8,13H2,1-3H3. The van der Waals surface area contributed by atoms with Crippen molar-refractivity contribution in [1.29, 1.82) is 0 Å². The first-order valence-electron chi connectivity index (χ1n) is 6.14. The van der Waals surface area contributed by atoms with Crippen LogP contribution in [-0.2, 0) is 11.3 Å². The average Bonchev–Trinajstić information content (AvgIpc) is 2.76. The number of nitrogens with zero attached hydrogens (tertiary/aromatic N) is 3. The van der Waals surface area contributed by atoms with Gasteiger partial charge in [-0.15, -0.1) is 0 Å². The van der Waals surface area contributed by atoms with Crippen LogP contribution < -0.4 is 5.73 Å². The number of rotatable bonds is 8. The molecule has 5 nitrogen and oxygen atoms in total. The quantitative estimate of drug-likeness (QED) is 0.732. The average molecular weight is 240 g/mol. The third-order valence-electron chi connectivity index (χ3n) is 2.89. The normalized spacial score (nSPS) is 13.2. The zero-order valence-corrected chi connectivity index (χ0v) is 11.1. The van der Waals surface area contributed by atoms with Gasteiger partial charge >= 0.3 is 0 Å². The zero-order valence-electron chi connectivity index (χ0n) is 11.1. The van der Waals surface area contributed by atoms with E-state index in [0.717, 1.165) is 26.1 Å². The van der Waals surface area contributed by atoms with Crippen molar-refractivity contribution in [2.75, 3.05) is 33.9 Å². The summed E-state index contributed by atoms with van der Waals surface area (Å²) in [7, 11) is 3.78. The van der Waals surface area contributed by atoms with Gasteiger partial charge in [0.25, 0.3) is 0 Å². The number of hydrogen-bond acceptors (Lipinski definition) is 4. The fourth-order valence-corrected chi connectivity index (χ4v) is 1.86. The number of methoxy groups -OCH3 is 1. The van der Waals surface area contributed by atoms with E-state index in [9.17, 15) is 0 Å². The van der Waals surface area contributed by atoms with E-state index >= 15 is 0 Å². The Balaban J connectivity index is 2.64. The van der Waals surface area contributed by atoms with Crippen molar-refractivity contribution >= 4 is 0 Å². The number of aromatic nitrogens is 2. The molecule has 0 aliphatic rings. The largest absolute Gasteiger partial charge is 0.383 e. The molecular formula is C12H24N4O. The highest BCUT2D eigenvalue weighted by molar-refractivity contribution is 5.11. The number of nitrogens with two attached hydrogens (primary N) is 1. The molecule has 0 radical (unpaired) electrons. The molecule has 0 amide bonds. The second-order valence-electron chi connectivity index (χ2n) is 4.26. The van der Waals surface area contributed by atoms with Crippen molar-refractivity contribution in [2.45, 2.75) is 25.9 Å². The van der Waals surface area contributed by atoms with Gasteiger partial charge in [-0.1, -0.05) is 6.92 Å². The maximum Gasteiger partial charge on any atom is 0.0589 e. The fraction of sp³-hybridized carbons (Fsp3) is 0.750. The summed E-state index contributed by atoms with van der Waals surface area (Å²) in [5.41, 5.74) is 7.02. The highest BCUT2D eigenvalue weighted by atomic mass is 16.5. The molecule has 0 aliphatic carbocycles. The van der Waals surface area contributed by atoms with Gasteiger partial charge < -0.3 is 10.5 Å². The Labute approximate surface area is 104 Å². The molecule has 0 saturated carbocycles. The third-order valence-corrected chi connectivity index (χ3v) is 2.89. The monoisotopic (exact) mass is 240 g/mol. The Bertz CT molecular complexity index is 313. The minimum atomic E-state index is 0.218. The lowest BCUT2D eigenvalue weighted by Gasteiger charge is -2.25.